The minimum Gasteiger partial charge on any atom is -0.374 e. The van der Waals surface area contributed by atoms with Gasteiger partial charge in [0, 0.05) is 18.5 Å². The highest BCUT2D eigenvalue weighted by Gasteiger charge is 2.07. The Morgan fingerprint density at radius 3 is 2.72 bits per heavy atom. The highest BCUT2D eigenvalue weighted by atomic mass is 35.5. The van der Waals surface area contributed by atoms with Crippen molar-refractivity contribution in [2.45, 2.75) is 26.2 Å². The molecule has 0 saturated carbocycles. The first-order chi connectivity index (χ1) is 8.49. The van der Waals surface area contributed by atoms with Crippen molar-refractivity contribution in [1.29, 1.82) is 0 Å². The molecule has 0 aliphatic heterocycles. The molecule has 1 rings (SSSR count). The highest BCUT2D eigenvalue weighted by molar-refractivity contribution is 6.29. The summed E-state index contributed by atoms with van der Waals surface area (Å²) in [6, 6.07) is 1.58. The van der Waals surface area contributed by atoms with Gasteiger partial charge in [-0.15, -0.1) is 0 Å². The third-order valence-electron chi connectivity index (χ3n) is 2.02. The topological polar surface area (TPSA) is 47.0 Å². The largest absolute Gasteiger partial charge is 0.374 e. The molecule has 0 aliphatic rings. The van der Waals surface area contributed by atoms with Gasteiger partial charge in [-0.25, -0.2) is 18.7 Å². The number of nitrogens with zero attached hydrogens (tertiary/aromatic N) is 2. The molecule has 0 radical (unpaired) electrons. The lowest BCUT2D eigenvalue weighted by atomic mass is 10.2. The van der Waals surface area contributed by atoms with Crippen LogP contribution in [-0.4, -0.2) is 36.2 Å². The highest BCUT2D eigenvalue weighted by Crippen LogP contribution is 2.16. The first kappa shape index (κ1) is 15.0. The summed E-state index contributed by atoms with van der Waals surface area (Å²) in [6.45, 7) is 3.94. The number of nitrogens with one attached hydrogen (secondary N) is 1. The van der Waals surface area contributed by atoms with Crippen LogP contribution < -0.4 is 5.32 Å². The van der Waals surface area contributed by atoms with Crippen LogP contribution in [0.1, 0.15) is 25.6 Å². The number of hydrogen-bond acceptors (Lipinski definition) is 4. The molecule has 0 fully saturated rings. The Balaban J connectivity index is 2.42. The summed E-state index contributed by atoms with van der Waals surface area (Å²) in [6.07, 6.45) is -2.44. The number of alkyl halides is 2. The average Bonchev–Trinajstić information content (AvgIpc) is 2.27. The van der Waals surface area contributed by atoms with Gasteiger partial charge in [0.2, 0.25) is 0 Å². The van der Waals surface area contributed by atoms with E-state index in [4.69, 9.17) is 16.3 Å². The molecule has 0 spiro atoms. The van der Waals surface area contributed by atoms with Crippen LogP contribution in [0.5, 0.6) is 0 Å². The summed E-state index contributed by atoms with van der Waals surface area (Å²) in [4.78, 5) is 8.34. The second kappa shape index (κ2) is 7.43. The van der Waals surface area contributed by atoms with E-state index in [0.29, 0.717) is 23.3 Å². The molecule has 7 heteroatoms. The maximum absolute atomic E-state index is 11.8. The Morgan fingerprint density at radius 1 is 1.39 bits per heavy atom. The van der Waals surface area contributed by atoms with Crippen LogP contribution in [0.25, 0.3) is 0 Å². The van der Waals surface area contributed by atoms with E-state index in [1.807, 2.05) is 13.8 Å². The molecule has 4 nitrogen and oxygen atoms in total. The summed E-state index contributed by atoms with van der Waals surface area (Å²) < 4.78 is 28.3. The van der Waals surface area contributed by atoms with E-state index in [1.54, 1.807) is 6.07 Å². The van der Waals surface area contributed by atoms with Crippen LogP contribution in [0, 0.1) is 0 Å². The van der Waals surface area contributed by atoms with Crippen LogP contribution in [0.2, 0.25) is 5.15 Å². The molecule has 0 amide bonds. The number of anilines is 1. The van der Waals surface area contributed by atoms with E-state index in [1.165, 1.54) is 0 Å². The van der Waals surface area contributed by atoms with Gasteiger partial charge in [0.05, 0.1) is 6.61 Å². The van der Waals surface area contributed by atoms with Crippen molar-refractivity contribution in [2.24, 2.45) is 0 Å². The molecule has 102 valence electrons. The zero-order valence-corrected chi connectivity index (χ0v) is 11.0. The number of hydrogen-bond donors (Lipinski definition) is 1. The fourth-order valence-corrected chi connectivity index (χ4v) is 1.40. The predicted molar refractivity (Wildman–Crippen MR) is 66.4 cm³/mol. The molecule has 0 saturated heterocycles. The maximum Gasteiger partial charge on any atom is 0.261 e. The van der Waals surface area contributed by atoms with Gasteiger partial charge in [-0.1, -0.05) is 25.4 Å². The van der Waals surface area contributed by atoms with Gasteiger partial charge in [0.25, 0.3) is 6.43 Å². The van der Waals surface area contributed by atoms with Gasteiger partial charge in [-0.3, -0.25) is 0 Å². The standard InChI is InChI=1S/C11H16ClF2N3O/c1-7(2)11-16-8(12)5-10(17-11)15-3-4-18-6-9(13)14/h5,7,9H,3-4,6H2,1-2H3,(H,15,16,17). The SMILES string of the molecule is CC(C)c1nc(Cl)cc(NCCOCC(F)F)n1. The zero-order chi connectivity index (χ0) is 13.5. The van der Waals surface area contributed by atoms with Crippen molar-refractivity contribution in [3.8, 4) is 0 Å². The first-order valence-electron chi connectivity index (χ1n) is 5.63. The molecule has 1 aromatic heterocycles. The lowest BCUT2D eigenvalue weighted by Gasteiger charge is -2.09. The maximum atomic E-state index is 11.8. The van der Waals surface area contributed by atoms with Crippen molar-refractivity contribution < 1.29 is 13.5 Å². The number of halogens is 3. The van der Waals surface area contributed by atoms with Gasteiger partial charge in [0.15, 0.2) is 0 Å². The Bertz CT molecular complexity index is 377. The third-order valence-corrected chi connectivity index (χ3v) is 2.22. The second-order valence-corrected chi connectivity index (χ2v) is 4.37. The van der Waals surface area contributed by atoms with E-state index in [-0.39, 0.29) is 12.5 Å². The lowest BCUT2D eigenvalue weighted by Crippen LogP contribution is -2.14. The molecule has 1 heterocycles. The number of rotatable bonds is 7. The summed E-state index contributed by atoms with van der Waals surface area (Å²) >= 11 is 5.85. The Labute approximate surface area is 110 Å². The average molecular weight is 280 g/mol. The van der Waals surface area contributed by atoms with Gasteiger partial charge in [-0.05, 0) is 0 Å². The summed E-state index contributed by atoms with van der Waals surface area (Å²) in [5, 5.41) is 3.30. The van der Waals surface area contributed by atoms with Crippen molar-refractivity contribution in [3.05, 3.63) is 17.0 Å². The first-order valence-corrected chi connectivity index (χ1v) is 6.01. The van der Waals surface area contributed by atoms with Gasteiger partial charge < -0.3 is 10.1 Å². The van der Waals surface area contributed by atoms with Crippen molar-refractivity contribution >= 4 is 17.4 Å². The molecule has 0 bridgehead atoms. The van der Waals surface area contributed by atoms with E-state index < -0.39 is 13.0 Å². The molecule has 1 N–H and O–H groups in total. The van der Waals surface area contributed by atoms with E-state index >= 15 is 0 Å². The van der Waals surface area contributed by atoms with Crippen LogP contribution >= 0.6 is 11.6 Å². The molecular weight excluding hydrogens is 264 g/mol. The fourth-order valence-electron chi connectivity index (χ4n) is 1.21. The molecular formula is C11H16ClF2N3O. The van der Waals surface area contributed by atoms with Gasteiger partial charge >= 0.3 is 0 Å². The molecule has 0 aliphatic carbocycles. The van der Waals surface area contributed by atoms with E-state index in [9.17, 15) is 8.78 Å². The second-order valence-electron chi connectivity index (χ2n) is 3.98. The Kier molecular flexibility index (Phi) is 6.21. The molecule has 1 aromatic rings. The van der Waals surface area contributed by atoms with Crippen LogP contribution in [0.3, 0.4) is 0 Å². The summed E-state index contributed by atoms with van der Waals surface area (Å²) in [7, 11) is 0. The zero-order valence-electron chi connectivity index (χ0n) is 10.3. The van der Waals surface area contributed by atoms with E-state index in [2.05, 4.69) is 15.3 Å². The number of ether oxygens (including phenoxy) is 1. The van der Waals surface area contributed by atoms with E-state index in [0.717, 1.165) is 0 Å². The van der Waals surface area contributed by atoms with Crippen molar-refractivity contribution in [3.63, 3.8) is 0 Å². The van der Waals surface area contributed by atoms with Gasteiger partial charge in [0.1, 0.15) is 23.4 Å². The third kappa shape index (κ3) is 5.55. The summed E-state index contributed by atoms with van der Waals surface area (Å²) in [5.74, 6) is 1.37. The quantitative estimate of drug-likeness (QED) is 0.616. The molecule has 0 aromatic carbocycles. The fraction of sp³-hybridized carbons (Fsp3) is 0.636. The molecule has 18 heavy (non-hydrogen) atoms. The van der Waals surface area contributed by atoms with Crippen LogP contribution in [-0.2, 0) is 4.74 Å². The summed E-state index contributed by atoms with van der Waals surface area (Å²) in [5.41, 5.74) is 0. The molecule has 0 unspecified atom stereocenters. The minimum atomic E-state index is -2.44. The van der Waals surface area contributed by atoms with Crippen LogP contribution in [0.15, 0.2) is 6.07 Å². The smallest absolute Gasteiger partial charge is 0.261 e. The Hall–Kier alpha value is -1.01. The van der Waals surface area contributed by atoms with Gasteiger partial charge in [-0.2, -0.15) is 0 Å². The lowest BCUT2D eigenvalue weighted by molar-refractivity contribution is 0.0215. The van der Waals surface area contributed by atoms with Crippen LogP contribution in [0.4, 0.5) is 14.6 Å². The van der Waals surface area contributed by atoms with Crippen molar-refractivity contribution in [2.75, 3.05) is 25.1 Å². The van der Waals surface area contributed by atoms with Crippen molar-refractivity contribution in [1.82, 2.24) is 9.97 Å². The molecule has 0 atom stereocenters. The minimum absolute atomic E-state index is 0.166. The number of aromatic nitrogens is 2. The monoisotopic (exact) mass is 279 g/mol. The predicted octanol–water partition coefficient (Wildman–Crippen LogP) is 2.95. The Morgan fingerprint density at radius 2 is 2.11 bits per heavy atom. The normalized spacial score (nSPS) is 11.3.